The summed E-state index contributed by atoms with van der Waals surface area (Å²) in [5.74, 6) is 0. The summed E-state index contributed by atoms with van der Waals surface area (Å²) in [6.07, 6.45) is 0. The van der Waals surface area contributed by atoms with Crippen LogP contribution < -0.4 is 11.2 Å². The van der Waals surface area contributed by atoms with E-state index in [1.54, 1.807) is 6.92 Å². The Labute approximate surface area is 62.9 Å². The third-order valence-electron chi connectivity index (χ3n) is 0.720. The topological polar surface area (TPSA) is 116 Å². The number of nitrogens with two attached hydrogens (primary N) is 1. The zero-order chi connectivity index (χ0) is 8.69. The molecule has 11 heavy (non-hydrogen) atoms. The molecule has 0 saturated carbocycles. The van der Waals surface area contributed by atoms with Gasteiger partial charge in [-0.2, -0.15) is 5.10 Å². The Morgan fingerprint density at radius 2 is 2.45 bits per heavy atom. The lowest BCUT2D eigenvalue weighted by molar-refractivity contribution is 0.249. The molecule has 0 aromatic rings. The molecule has 0 aromatic carbocycles. The maximum absolute atomic E-state index is 10.1. The van der Waals surface area contributed by atoms with E-state index in [4.69, 9.17) is 11.3 Å². The lowest BCUT2D eigenvalue weighted by Crippen LogP contribution is -2.25. The Morgan fingerprint density at radius 3 is 2.91 bits per heavy atom. The Bertz CT molecular complexity index is 215. The zero-order valence-electron chi connectivity index (χ0n) is 5.98. The van der Waals surface area contributed by atoms with Gasteiger partial charge in [-0.1, -0.05) is 5.11 Å². The van der Waals surface area contributed by atoms with Crippen molar-refractivity contribution in [3.05, 3.63) is 10.4 Å². The highest BCUT2D eigenvalue weighted by Gasteiger charge is 1.89. The molecule has 0 aliphatic carbocycles. The number of azide groups is 1. The van der Waals surface area contributed by atoms with Crippen LogP contribution in [0.25, 0.3) is 10.4 Å². The SMILES string of the molecule is C/C(CN=[N+]=[N-])=N\NC(N)=O. The van der Waals surface area contributed by atoms with Crippen LogP contribution in [0.5, 0.6) is 0 Å². The van der Waals surface area contributed by atoms with Crippen molar-refractivity contribution in [3.63, 3.8) is 0 Å². The lowest BCUT2D eigenvalue weighted by Gasteiger charge is -1.93. The minimum atomic E-state index is -0.745. The fourth-order valence-corrected chi connectivity index (χ4v) is 0.320. The van der Waals surface area contributed by atoms with Gasteiger partial charge in [0, 0.05) is 10.6 Å². The van der Waals surface area contributed by atoms with Crippen molar-refractivity contribution in [1.82, 2.24) is 5.43 Å². The number of hydrogen-bond acceptors (Lipinski definition) is 3. The van der Waals surface area contributed by atoms with Gasteiger partial charge in [0.1, 0.15) is 0 Å². The summed E-state index contributed by atoms with van der Waals surface area (Å²) in [5.41, 5.74) is 15.1. The van der Waals surface area contributed by atoms with E-state index in [9.17, 15) is 4.79 Å². The van der Waals surface area contributed by atoms with Crippen molar-refractivity contribution in [2.75, 3.05) is 6.54 Å². The van der Waals surface area contributed by atoms with Crippen LogP contribution in [-0.4, -0.2) is 18.3 Å². The molecular weight excluding hydrogens is 148 g/mol. The van der Waals surface area contributed by atoms with Crippen molar-refractivity contribution in [2.24, 2.45) is 15.9 Å². The Hall–Kier alpha value is -1.75. The van der Waals surface area contributed by atoms with E-state index in [2.05, 4.69) is 15.1 Å². The van der Waals surface area contributed by atoms with Gasteiger partial charge in [0.05, 0.1) is 6.54 Å². The third kappa shape index (κ3) is 6.13. The van der Waals surface area contributed by atoms with Crippen LogP contribution in [0.15, 0.2) is 10.2 Å². The maximum Gasteiger partial charge on any atom is 0.332 e. The molecule has 0 bridgehead atoms. The van der Waals surface area contributed by atoms with Gasteiger partial charge >= 0.3 is 6.03 Å². The normalized spacial score (nSPS) is 10.1. The molecule has 0 rings (SSSR count). The van der Waals surface area contributed by atoms with Crippen LogP contribution in [0.2, 0.25) is 0 Å². The summed E-state index contributed by atoms with van der Waals surface area (Å²) < 4.78 is 0. The first-order chi connectivity index (χ1) is 5.16. The van der Waals surface area contributed by atoms with Crippen molar-refractivity contribution in [1.29, 1.82) is 0 Å². The van der Waals surface area contributed by atoms with E-state index in [0.29, 0.717) is 5.71 Å². The van der Waals surface area contributed by atoms with E-state index in [0.717, 1.165) is 0 Å². The number of primary amides is 1. The molecule has 0 atom stereocenters. The second-order valence-corrected chi connectivity index (χ2v) is 1.71. The smallest absolute Gasteiger partial charge is 0.332 e. The lowest BCUT2D eigenvalue weighted by atomic mass is 10.4. The number of amides is 2. The summed E-state index contributed by atoms with van der Waals surface area (Å²) in [6.45, 7) is 1.72. The summed E-state index contributed by atoms with van der Waals surface area (Å²) >= 11 is 0. The molecule has 0 aromatic heterocycles. The summed E-state index contributed by atoms with van der Waals surface area (Å²) in [6, 6.07) is -0.745. The Morgan fingerprint density at radius 1 is 1.82 bits per heavy atom. The zero-order valence-corrected chi connectivity index (χ0v) is 5.98. The predicted octanol–water partition coefficient (Wildman–Crippen LogP) is 0.341. The minimum Gasteiger partial charge on any atom is -0.350 e. The van der Waals surface area contributed by atoms with Gasteiger partial charge in [0.15, 0.2) is 0 Å². The van der Waals surface area contributed by atoms with Crippen LogP contribution in [-0.2, 0) is 0 Å². The van der Waals surface area contributed by atoms with E-state index < -0.39 is 6.03 Å². The van der Waals surface area contributed by atoms with Crippen LogP contribution in [0, 0.1) is 0 Å². The van der Waals surface area contributed by atoms with Gasteiger partial charge < -0.3 is 5.73 Å². The first kappa shape index (κ1) is 9.25. The highest BCUT2D eigenvalue weighted by molar-refractivity contribution is 5.85. The number of nitrogens with one attached hydrogen (secondary N) is 1. The molecule has 7 heteroatoms. The third-order valence-corrected chi connectivity index (χ3v) is 0.720. The van der Waals surface area contributed by atoms with Crippen molar-refractivity contribution < 1.29 is 4.79 Å². The molecule has 60 valence electrons. The number of urea groups is 1. The summed E-state index contributed by atoms with van der Waals surface area (Å²) in [5, 5.41) is 6.70. The molecule has 0 fully saturated rings. The van der Waals surface area contributed by atoms with Crippen LogP contribution in [0.3, 0.4) is 0 Å². The average molecular weight is 156 g/mol. The molecule has 0 heterocycles. The molecule has 0 saturated heterocycles. The van der Waals surface area contributed by atoms with E-state index >= 15 is 0 Å². The van der Waals surface area contributed by atoms with Crippen LogP contribution in [0.1, 0.15) is 6.92 Å². The predicted molar refractivity (Wildman–Crippen MR) is 39.8 cm³/mol. The number of hydrazone groups is 1. The van der Waals surface area contributed by atoms with Crippen molar-refractivity contribution in [2.45, 2.75) is 6.92 Å². The van der Waals surface area contributed by atoms with Gasteiger partial charge in [-0.3, -0.25) is 0 Å². The standard InChI is InChI=1S/C4H8N6O/c1-3(2-7-10-6)8-9-4(5)11/h2H2,1H3,(H3,5,9,11)/b8-3+. The first-order valence-corrected chi connectivity index (χ1v) is 2.76. The number of carbonyl (C=O) groups is 1. The van der Waals surface area contributed by atoms with Crippen molar-refractivity contribution >= 4 is 11.7 Å². The van der Waals surface area contributed by atoms with E-state index in [-0.39, 0.29) is 6.54 Å². The quantitative estimate of drug-likeness (QED) is 0.198. The number of carbonyl (C=O) groups excluding carboxylic acids is 1. The number of nitrogens with zero attached hydrogens (tertiary/aromatic N) is 4. The molecule has 7 nitrogen and oxygen atoms in total. The highest BCUT2D eigenvalue weighted by atomic mass is 16.2. The molecular formula is C4H8N6O. The number of rotatable bonds is 3. The largest absolute Gasteiger partial charge is 0.350 e. The van der Waals surface area contributed by atoms with Gasteiger partial charge in [-0.05, 0) is 12.5 Å². The fourth-order valence-electron chi connectivity index (χ4n) is 0.320. The molecule has 3 N–H and O–H groups in total. The molecule has 0 radical (unpaired) electrons. The minimum absolute atomic E-state index is 0.122. The first-order valence-electron chi connectivity index (χ1n) is 2.76. The Kier molecular flexibility index (Phi) is 4.26. The van der Waals surface area contributed by atoms with Gasteiger partial charge in [0.25, 0.3) is 0 Å². The fraction of sp³-hybridized carbons (Fsp3) is 0.500. The van der Waals surface area contributed by atoms with E-state index in [1.165, 1.54) is 0 Å². The van der Waals surface area contributed by atoms with Gasteiger partial charge in [0.2, 0.25) is 0 Å². The van der Waals surface area contributed by atoms with Crippen LogP contribution in [0.4, 0.5) is 4.79 Å². The van der Waals surface area contributed by atoms with Crippen LogP contribution >= 0.6 is 0 Å². The van der Waals surface area contributed by atoms with Gasteiger partial charge in [-0.25, -0.2) is 10.2 Å². The maximum atomic E-state index is 10.1. The molecule has 0 aliphatic rings. The van der Waals surface area contributed by atoms with Crippen molar-refractivity contribution in [3.8, 4) is 0 Å². The highest BCUT2D eigenvalue weighted by Crippen LogP contribution is 1.77. The summed E-state index contributed by atoms with van der Waals surface area (Å²) in [7, 11) is 0. The van der Waals surface area contributed by atoms with Gasteiger partial charge in [-0.15, -0.1) is 0 Å². The second-order valence-electron chi connectivity index (χ2n) is 1.71. The summed E-state index contributed by atoms with van der Waals surface area (Å²) in [4.78, 5) is 12.6. The molecule has 0 unspecified atom stereocenters. The molecule has 0 aliphatic heterocycles. The molecule has 2 amide bonds. The molecule has 0 spiro atoms. The Balaban J connectivity index is 3.80. The number of hydrogen-bond donors (Lipinski definition) is 2. The van der Waals surface area contributed by atoms with E-state index in [1.807, 2.05) is 5.43 Å². The monoisotopic (exact) mass is 156 g/mol. The second kappa shape index (κ2) is 5.07. The average Bonchev–Trinajstić information content (AvgIpc) is 1.97.